The minimum Gasteiger partial charge on any atom is -0.386 e. The lowest BCUT2D eigenvalue weighted by Crippen LogP contribution is -2.42. The molecule has 0 aromatic heterocycles. The van der Waals surface area contributed by atoms with Gasteiger partial charge in [-0.1, -0.05) is 70.0 Å². The summed E-state index contributed by atoms with van der Waals surface area (Å²) in [4.78, 5) is 17.0. The molecule has 1 N–H and O–H groups in total. The molecule has 0 saturated heterocycles. The van der Waals surface area contributed by atoms with Crippen LogP contribution in [0.25, 0.3) is 0 Å². The largest absolute Gasteiger partial charge is 0.386 e. The SMILES string of the molecule is C[C@H]1CCCC[C@H]1NC(=O)CO/N=C\c1ccc(C(C)(C)C)cc1. The van der Waals surface area contributed by atoms with Gasteiger partial charge in [0.05, 0.1) is 6.21 Å². The summed E-state index contributed by atoms with van der Waals surface area (Å²) >= 11 is 0. The van der Waals surface area contributed by atoms with Crippen molar-refractivity contribution in [3.05, 3.63) is 35.4 Å². The Bertz CT molecular complexity index is 558. The number of amides is 1. The van der Waals surface area contributed by atoms with Gasteiger partial charge in [-0.25, -0.2) is 0 Å². The van der Waals surface area contributed by atoms with E-state index in [1.165, 1.54) is 24.8 Å². The molecule has 4 heteroatoms. The third kappa shape index (κ3) is 5.66. The summed E-state index contributed by atoms with van der Waals surface area (Å²) in [7, 11) is 0. The van der Waals surface area contributed by atoms with Crippen molar-refractivity contribution in [1.29, 1.82) is 0 Å². The molecule has 0 heterocycles. The molecular formula is C20H30N2O2. The van der Waals surface area contributed by atoms with E-state index < -0.39 is 0 Å². The second-order valence-corrected chi connectivity index (χ2v) is 7.82. The summed E-state index contributed by atoms with van der Waals surface area (Å²) in [5.74, 6) is 0.460. The Labute approximate surface area is 145 Å². The summed E-state index contributed by atoms with van der Waals surface area (Å²) in [5.41, 5.74) is 2.38. The first-order valence-electron chi connectivity index (χ1n) is 8.91. The van der Waals surface area contributed by atoms with Crippen molar-refractivity contribution >= 4 is 12.1 Å². The third-order valence-electron chi connectivity index (χ3n) is 4.71. The van der Waals surface area contributed by atoms with Crippen molar-refractivity contribution in [1.82, 2.24) is 5.32 Å². The zero-order valence-corrected chi connectivity index (χ0v) is 15.3. The second kappa shape index (κ2) is 8.32. The molecule has 132 valence electrons. The van der Waals surface area contributed by atoms with Crippen molar-refractivity contribution in [2.75, 3.05) is 6.61 Å². The van der Waals surface area contributed by atoms with Crippen LogP contribution in [0, 0.1) is 5.92 Å². The Kier molecular flexibility index (Phi) is 6.41. The number of carbonyl (C=O) groups is 1. The standard InChI is InChI=1S/C20H30N2O2/c1-15-7-5-6-8-18(15)22-19(23)14-24-21-13-16-9-11-17(12-10-16)20(2,3)4/h9-13,15,18H,5-8,14H2,1-4H3,(H,22,23)/b21-13-/t15-,18+/m0/s1. The lowest BCUT2D eigenvalue weighted by Gasteiger charge is -2.29. The highest BCUT2D eigenvalue weighted by Gasteiger charge is 2.22. The number of rotatable bonds is 5. The second-order valence-electron chi connectivity index (χ2n) is 7.82. The Morgan fingerprint density at radius 1 is 1.25 bits per heavy atom. The number of hydrogen-bond acceptors (Lipinski definition) is 3. The third-order valence-corrected chi connectivity index (χ3v) is 4.71. The highest BCUT2D eigenvalue weighted by Crippen LogP contribution is 2.23. The maximum atomic E-state index is 11.9. The molecule has 1 aromatic rings. The molecule has 4 nitrogen and oxygen atoms in total. The van der Waals surface area contributed by atoms with Gasteiger partial charge in [-0.3, -0.25) is 4.79 Å². The summed E-state index contributed by atoms with van der Waals surface area (Å²) in [6.45, 7) is 8.73. The zero-order chi connectivity index (χ0) is 17.6. The van der Waals surface area contributed by atoms with Crippen LogP contribution in [0.4, 0.5) is 0 Å². The van der Waals surface area contributed by atoms with Gasteiger partial charge in [0.2, 0.25) is 0 Å². The van der Waals surface area contributed by atoms with Crippen LogP contribution in [0.5, 0.6) is 0 Å². The van der Waals surface area contributed by atoms with Gasteiger partial charge in [-0.15, -0.1) is 0 Å². The van der Waals surface area contributed by atoms with Crippen LogP contribution in [-0.2, 0) is 15.0 Å². The van der Waals surface area contributed by atoms with Crippen molar-refractivity contribution in [2.24, 2.45) is 11.1 Å². The molecule has 0 radical (unpaired) electrons. The number of nitrogens with one attached hydrogen (secondary N) is 1. The number of carbonyl (C=O) groups excluding carboxylic acids is 1. The average molecular weight is 330 g/mol. The van der Waals surface area contributed by atoms with Crippen LogP contribution in [0.1, 0.15) is 64.5 Å². The molecule has 1 fully saturated rings. The van der Waals surface area contributed by atoms with E-state index in [4.69, 9.17) is 4.84 Å². The Hall–Kier alpha value is -1.84. The van der Waals surface area contributed by atoms with Gasteiger partial charge in [0, 0.05) is 6.04 Å². The summed E-state index contributed by atoms with van der Waals surface area (Å²) in [6, 6.07) is 8.50. The first-order valence-corrected chi connectivity index (χ1v) is 8.91. The number of oxime groups is 1. The van der Waals surface area contributed by atoms with Crippen molar-refractivity contribution in [3.8, 4) is 0 Å². The fraction of sp³-hybridized carbons (Fsp3) is 0.600. The summed E-state index contributed by atoms with van der Waals surface area (Å²) < 4.78 is 0. The Morgan fingerprint density at radius 2 is 1.92 bits per heavy atom. The number of hydrogen-bond donors (Lipinski definition) is 1. The lowest BCUT2D eigenvalue weighted by molar-refractivity contribution is -0.126. The van der Waals surface area contributed by atoms with Gasteiger partial charge in [0.1, 0.15) is 0 Å². The molecule has 1 amide bonds. The molecule has 1 saturated carbocycles. The van der Waals surface area contributed by atoms with Crippen LogP contribution in [0.2, 0.25) is 0 Å². The van der Waals surface area contributed by atoms with E-state index in [1.54, 1.807) is 6.21 Å². The van der Waals surface area contributed by atoms with Gasteiger partial charge in [0.25, 0.3) is 5.91 Å². The van der Waals surface area contributed by atoms with E-state index in [0.29, 0.717) is 5.92 Å². The first kappa shape index (κ1) is 18.5. The fourth-order valence-corrected chi connectivity index (χ4v) is 3.04. The number of nitrogens with zero attached hydrogens (tertiary/aromatic N) is 1. The van der Waals surface area contributed by atoms with E-state index in [0.717, 1.165) is 12.0 Å². The maximum Gasteiger partial charge on any atom is 0.261 e. The Balaban J connectivity index is 1.74. The monoisotopic (exact) mass is 330 g/mol. The molecule has 0 aliphatic heterocycles. The van der Waals surface area contributed by atoms with Crippen LogP contribution >= 0.6 is 0 Å². The molecule has 2 atom stereocenters. The molecule has 2 rings (SSSR count). The molecule has 1 aromatic carbocycles. The highest BCUT2D eigenvalue weighted by atomic mass is 16.6. The molecular weight excluding hydrogens is 300 g/mol. The Morgan fingerprint density at radius 3 is 2.54 bits per heavy atom. The summed E-state index contributed by atoms with van der Waals surface area (Å²) in [6.07, 6.45) is 6.36. The van der Waals surface area contributed by atoms with Gasteiger partial charge in [-0.2, -0.15) is 0 Å². The van der Waals surface area contributed by atoms with Crippen LogP contribution in [0.15, 0.2) is 29.4 Å². The zero-order valence-electron chi connectivity index (χ0n) is 15.3. The molecule has 0 unspecified atom stereocenters. The highest BCUT2D eigenvalue weighted by molar-refractivity contribution is 5.80. The van der Waals surface area contributed by atoms with Gasteiger partial charge in [-0.05, 0) is 35.3 Å². The quantitative estimate of drug-likeness (QED) is 0.654. The van der Waals surface area contributed by atoms with Gasteiger partial charge >= 0.3 is 0 Å². The molecule has 24 heavy (non-hydrogen) atoms. The summed E-state index contributed by atoms with van der Waals surface area (Å²) in [5, 5.41) is 6.95. The van der Waals surface area contributed by atoms with Crippen LogP contribution in [-0.4, -0.2) is 24.8 Å². The van der Waals surface area contributed by atoms with Crippen molar-refractivity contribution in [3.63, 3.8) is 0 Å². The molecule has 1 aliphatic rings. The fourth-order valence-electron chi connectivity index (χ4n) is 3.04. The van der Waals surface area contributed by atoms with E-state index in [-0.39, 0.29) is 24.0 Å². The van der Waals surface area contributed by atoms with Crippen LogP contribution < -0.4 is 5.32 Å². The minimum atomic E-state index is -0.0889. The minimum absolute atomic E-state index is 0.0280. The van der Waals surface area contributed by atoms with E-state index in [1.807, 2.05) is 12.1 Å². The van der Waals surface area contributed by atoms with Crippen LogP contribution in [0.3, 0.4) is 0 Å². The topological polar surface area (TPSA) is 50.7 Å². The predicted octanol–water partition coefficient (Wildman–Crippen LogP) is 4.03. The van der Waals surface area contributed by atoms with Gasteiger partial charge in [0.15, 0.2) is 6.61 Å². The van der Waals surface area contributed by atoms with Gasteiger partial charge < -0.3 is 10.2 Å². The van der Waals surface area contributed by atoms with E-state index >= 15 is 0 Å². The van der Waals surface area contributed by atoms with Crippen molar-refractivity contribution < 1.29 is 9.63 Å². The average Bonchev–Trinajstić information content (AvgIpc) is 2.53. The molecule has 0 bridgehead atoms. The van der Waals surface area contributed by atoms with Crippen molar-refractivity contribution in [2.45, 2.75) is 64.8 Å². The molecule has 0 spiro atoms. The van der Waals surface area contributed by atoms with E-state index in [9.17, 15) is 4.79 Å². The lowest BCUT2D eigenvalue weighted by atomic mass is 9.86. The normalized spacial score (nSPS) is 21.7. The molecule has 1 aliphatic carbocycles. The maximum absolute atomic E-state index is 11.9. The predicted molar refractivity (Wildman–Crippen MR) is 98.3 cm³/mol. The first-order chi connectivity index (χ1) is 11.4. The smallest absolute Gasteiger partial charge is 0.261 e. The van der Waals surface area contributed by atoms with E-state index in [2.05, 4.69) is 50.3 Å². The number of benzene rings is 1.